The zero-order valence-electron chi connectivity index (χ0n) is 4.09. The Labute approximate surface area is 43.1 Å². The second-order valence-electron chi connectivity index (χ2n) is 1.69. The van der Waals surface area contributed by atoms with Crippen molar-refractivity contribution in [1.82, 2.24) is 5.32 Å². The Balaban J connectivity index is 2.31. The van der Waals surface area contributed by atoms with Gasteiger partial charge in [-0.2, -0.15) is 5.26 Å². The molecule has 0 aromatic carbocycles. The number of rotatable bonds is 0. The van der Waals surface area contributed by atoms with Crippen LogP contribution in [0.1, 0.15) is 12.8 Å². The van der Waals surface area contributed by atoms with Gasteiger partial charge in [-0.25, -0.2) is 5.32 Å². The molecule has 0 aliphatic carbocycles. The van der Waals surface area contributed by atoms with Gasteiger partial charge < -0.3 is 0 Å². The quantitative estimate of drug-likeness (QED) is 0.425. The Bertz CT molecular complexity index is 86.7. The second-order valence-corrected chi connectivity index (χ2v) is 1.69. The Morgan fingerprint density at radius 1 is 1.71 bits per heavy atom. The monoisotopic (exact) mass is 95.1 g/mol. The van der Waals surface area contributed by atoms with E-state index >= 15 is 0 Å². The van der Waals surface area contributed by atoms with Crippen molar-refractivity contribution in [3.8, 4) is 6.07 Å². The number of hydrogen-bond donors (Lipinski definition) is 0. The summed E-state index contributed by atoms with van der Waals surface area (Å²) in [5, 5.41) is 12.2. The van der Waals surface area contributed by atoms with E-state index in [0.29, 0.717) is 0 Å². The largest absolute Gasteiger partial charge is 0.223 e. The molecule has 1 atom stereocenters. The van der Waals surface area contributed by atoms with E-state index in [1.807, 2.05) is 0 Å². The Kier molecular flexibility index (Phi) is 1.28. The highest BCUT2D eigenvalue weighted by molar-refractivity contribution is 4.92. The molecule has 1 rings (SSSR count). The van der Waals surface area contributed by atoms with Crippen molar-refractivity contribution in [3.63, 3.8) is 0 Å². The van der Waals surface area contributed by atoms with E-state index in [0.717, 1.165) is 19.4 Å². The molecule has 1 saturated heterocycles. The molecule has 7 heavy (non-hydrogen) atoms. The van der Waals surface area contributed by atoms with E-state index in [1.54, 1.807) is 0 Å². The third-order valence-corrected chi connectivity index (χ3v) is 1.13. The summed E-state index contributed by atoms with van der Waals surface area (Å²) in [6.07, 6.45) is 2.09. The summed E-state index contributed by atoms with van der Waals surface area (Å²) in [5.74, 6) is 0. The van der Waals surface area contributed by atoms with E-state index in [1.165, 1.54) is 0 Å². The van der Waals surface area contributed by atoms with Gasteiger partial charge in [0.2, 0.25) is 0 Å². The minimum absolute atomic E-state index is 0.0278. The molecule has 2 heteroatoms. The smallest absolute Gasteiger partial charge is 0.111 e. The zero-order chi connectivity index (χ0) is 5.11. The Morgan fingerprint density at radius 3 is 2.86 bits per heavy atom. The van der Waals surface area contributed by atoms with Crippen molar-refractivity contribution >= 4 is 0 Å². The van der Waals surface area contributed by atoms with Gasteiger partial charge in [0, 0.05) is 6.54 Å². The summed E-state index contributed by atoms with van der Waals surface area (Å²) >= 11 is 0. The number of hydrogen-bond acceptors (Lipinski definition) is 1. The Hall–Kier alpha value is -0.550. The fraction of sp³-hybridized carbons (Fsp3) is 0.800. The molecule has 1 fully saturated rings. The lowest BCUT2D eigenvalue weighted by Gasteiger charge is -1.88. The molecule has 1 aliphatic heterocycles. The van der Waals surface area contributed by atoms with E-state index in [2.05, 4.69) is 11.4 Å². The van der Waals surface area contributed by atoms with Crippen LogP contribution in [0, 0.1) is 11.3 Å². The first-order valence-corrected chi connectivity index (χ1v) is 2.49. The second kappa shape index (κ2) is 1.94. The van der Waals surface area contributed by atoms with Crippen molar-refractivity contribution in [2.45, 2.75) is 18.9 Å². The zero-order valence-corrected chi connectivity index (χ0v) is 4.09. The molecule has 0 bridgehead atoms. The maximum Gasteiger partial charge on any atom is 0.111 e. The summed E-state index contributed by atoms with van der Waals surface area (Å²) in [6, 6.07) is 2.12. The highest BCUT2D eigenvalue weighted by Crippen LogP contribution is 2.03. The van der Waals surface area contributed by atoms with Crippen molar-refractivity contribution in [2.24, 2.45) is 0 Å². The standard InChI is InChI=1S/C5H7N2/c6-4-5-2-1-3-7-5/h5H,1-3H2. The van der Waals surface area contributed by atoms with E-state index in [4.69, 9.17) is 5.26 Å². The van der Waals surface area contributed by atoms with Crippen molar-refractivity contribution in [3.05, 3.63) is 0 Å². The minimum atomic E-state index is 0.0278. The lowest BCUT2D eigenvalue weighted by molar-refractivity contribution is 0.725. The fourth-order valence-corrected chi connectivity index (χ4v) is 0.728. The summed E-state index contributed by atoms with van der Waals surface area (Å²) in [5.41, 5.74) is 0. The predicted molar refractivity (Wildman–Crippen MR) is 25.6 cm³/mol. The molecule has 2 nitrogen and oxygen atoms in total. The molecule has 0 saturated carbocycles. The summed E-state index contributed by atoms with van der Waals surface area (Å²) in [4.78, 5) is 0. The molecule has 1 radical (unpaired) electrons. The lowest BCUT2D eigenvalue weighted by Crippen LogP contribution is -2.09. The van der Waals surface area contributed by atoms with Gasteiger partial charge in [0.1, 0.15) is 6.04 Å². The number of nitriles is 1. The SMILES string of the molecule is N#CC1CCC[N]1. The van der Waals surface area contributed by atoms with Crippen molar-refractivity contribution < 1.29 is 0 Å². The van der Waals surface area contributed by atoms with Gasteiger partial charge in [0.25, 0.3) is 0 Å². The van der Waals surface area contributed by atoms with Crippen LogP contribution in [0.15, 0.2) is 0 Å². The van der Waals surface area contributed by atoms with Gasteiger partial charge in [-0.15, -0.1) is 0 Å². The highest BCUT2D eigenvalue weighted by atomic mass is 14.9. The highest BCUT2D eigenvalue weighted by Gasteiger charge is 2.12. The van der Waals surface area contributed by atoms with Crippen LogP contribution in [-0.2, 0) is 0 Å². The van der Waals surface area contributed by atoms with Crippen LogP contribution in [0.3, 0.4) is 0 Å². The average Bonchev–Trinajstić information content (AvgIpc) is 2.14. The molecule has 1 unspecified atom stereocenters. The predicted octanol–water partition coefficient (Wildman–Crippen LogP) is 0.277. The van der Waals surface area contributed by atoms with Crippen LogP contribution in [0.4, 0.5) is 0 Å². The van der Waals surface area contributed by atoms with E-state index in [9.17, 15) is 0 Å². The van der Waals surface area contributed by atoms with Crippen LogP contribution in [0.25, 0.3) is 0 Å². The van der Waals surface area contributed by atoms with Crippen LogP contribution in [0.5, 0.6) is 0 Å². The molecule has 1 aliphatic rings. The van der Waals surface area contributed by atoms with Gasteiger partial charge >= 0.3 is 0 Å². The summed E-state index contributed by atoms with van der Waals surface area (Å²) < 4.78 is 0. The van der Waals surface area contributed by atoms with E-state index < -0.39 is 0 Å². The summed E-state index contributed by atoms with van der Waals surface area (Å²) in [6.45, 7) is 0.901. The topological polar surface area (TPSA) is 37.9 Å². The maximum atomic E-state index is 8.22. The van der Waals surface area contributed by atoms with Crippen LogP contribution < -0.4 is 5.32 Å². The molecule has 37 valence electrons. The molecular formula is C5H7N2. The molecule has 0 aromatic heterocycles. The van der Waals surface area contributed by atoms with Crippen LogP contribution in [0.2, 0.25) is 0 Å². The molecule has 0 spiro atoms. The lowest BCUT2D eigenvalue weighted by atomic mass is 10.2. The molecule has 1 heterocycles. The van der Waals surface area contributed by atoms with E-state index in [-0.39, 0.29) is 6.04 Å². The van der Waals surface area contributed by atoms with Crippen LogP contribution in [-0.4, -0.2) is 12.6 Å². The van der Waals surface area contributed by atoms with Crippen molar-refractivity contribution in [1.29, 1.82) is 5.26 Å². The minimum Gasteiger partial charge on any atom is -0.223 e. The van der Waals surface area contributed by atoms with Gasteiger partial charge in [-0.1, -0.05) is 0 Å². The van der Waals surface area contributed by atoms with Crippen LogP contribution >= 0.6 is 0 Å². The molecule has 0 aromatic rings. The maximum absolute atomic E-state index is 8.22. The Morgan fingerprint density at radius 2 is 2.57 bits per heavy atom. The molecule has 0 N–H and O–H groups in total. The first-order valence-electron chi connectivity index (χ1n) is 2.49. The third-order valence-electron chi connectivity index (χ3n) is 1.13. The first-order chi connectivity index (χ1) is 3.43. The van der Waals surface area contributed by atoms with Gasteiger partial charge in [0.05, 0.1) is 6.07 Å². The third kappa shape index (κ3) is 0.908. The first kappa shape index (κ1) is 4.61. The molecule has 0 amide bonds. The summed E-state index contributed by atoms with van der Waals surface area (Å²) in [7, 11) is 0. The molecular weight excluding hydrogens is 88.1 g/mol. The number of nitrogens with zero attached hydrogens (tertiary/aromatic N) is 2. The van der Waals surface area contributed by atoms with Gasteiger partial charge in [-0.3, -0.25) is 0 Å². The van der Waals surface area contributed by atoms with Gasteiger partial charge in [-0.05, 0) is 12.8 Å². The average molecular weight is 95.1 g/mol. The normalized spacial score (nSPS) is 29.9. The van der Waals surface area contributed by atoms with Crippen molar-refractivity contribution in [2.75, 3.05) is 6.54 Å². The fourth-order valence-electron chi connectivity index (χ4n) is 0.728. The van der Waals surface area contributed by atoms with Gasteiger partial charge in [0.15, 0.2) is 0 Å².